The van der Waals surface area contributed by atoms with E-state index in [4.69, 9.17) is 0 Å². The number of piperidine rings is 2. The fourth-order valence-electron chi connectivity index (χ4n) is 2.69. The summed E-state index contributed by atoms with van der Waals surface area (Å²) < 4.78 is 0. The van der Waals surface area contributed by atoms with Gasteiger partial charge < -0.3 is 15.5 Å². The summed E-state index contributed by atoms with van der Waals surface area (Å²) in [7, 11) is 2.13. The van der Waals surface area contributed by atoms with Crippen LogP contribution in [0.15, 0.2) is 0 Å². The molecule has 4 heteroatoms. The highest BCUT2D eigenvalue weighted by Gasteiger charge is 2.24. The molecule has 1 atom stereocenters. The summed E-state index contributed by atoms with van der Waals surface area (Å²) in [6.07, 6.45) is 4.33. The Kier molecular flexibility index (Phi) is 4.18. The van der Waals surface area contributed by atoms with Crippen molar-refractivity contribution in [2.45, 2.75) is 31.7 Å². The lowest BCUT2D eigenvalue weighted by Crippen LogP contribution is -2.49. The van der Waals surface area contributed by atoms with Crippen LogP contribution in [0, 0.1) is 5.92 Å². The van der Waals surface area contributed by atoms with E-state index >= 15 is 0 Å². The fourth-order valence-corrected chi connectivity index (χ4v) is 2.69. The van der Waals surface area contributed by atoms with Gasteiger partial charge in [-0.25, -0.2) is 0 Å². The minimum Gasteiger partial charge on any atom is -0.352 e. The van der Waals surface area contributed by atoms with Crippen molar-refractivity contribution in [3.63, 3.8) is 0 Å². The standard InChI is InChI=1S/C12H23N3O/c1-15-8-2-3-11(9-15)14-12(16)10-4-6-13-7-5-10/h10-11,13H,2-9H2,1H3,(H,14,16)/t11-/m1/s1. The van der Waals surface area contributed by atoms with E-state index in [0.717, 1.165) is 38.9 Å². The van der Waals surface area contributed by atoms with Crippen molar-refractivity contribution in [2.75, 3.05) is 33.2 Å². The number of nitrogens with one attached hydrogen (secondary N) is 2. The van der Waals surface area contributed by atoms with E-state index in [2.05, 4.69) is 22.6 Å². The van der Waals surface area contributed by atoms with Gasteiger partial charge in [0.2, 0.25) is 5.91 Å². The zero-order chi connectivity index (χ0) is 11.4. The number of nitrogens with zero attached hydrogens (tertiary/aromatic N) is 1. The molecule has 16 heavy (non-hydrogen) atoms. The molecule has 2 saturated heterocycles. The molecule has 0 unspecified atom stereocenters. The predicted octanol–water partition coefficient (Wildman–Crippen LogP) is 0.196. The van der Waals surface area contributed by atoms with Gasteiger partial charge in [0.15, 0.2) is 0 Å². The van der Waals surface area contributed by atoms with E-state index in [0.29, 0.717) is 6.04 Å². The molecular formula is C12H23N3O. The molecule has 0 radical (unpaired) electrons. The number of hydrogen-bond acceptors (Lipinski definition) is 3. The van der Waals surface area contributed by atoms with Crippen LogP contribution in [-0.4, -0.2) is 50.1 Å². The quantitative estimate of drug-likeness (QED) is 0.705. The molecule has 2 aliphatic rings. The van der Waals surface area contributed by atoms with Gasteiger partial charge in [0, 0.05) is 18.5 Å². The van der Waals surface area contributed by atoms with Gasteiger partial charge in [0.25, 0.3) is 0 Å². The number of rotatable bonds is 2. The first-order chi connectivity index (χ1) is 7.75. The van der Waals surface area contributed by atoms with Crippen LogP contribution in [0.1, 0.15) is 25.7 Å². The SMILES string of the molecule is CN1CCC[C@@H](NC(=O)C2CCNCC2)C1. The third-order valence-corrected chi connectivity index (χ3v) is 3.68. The molecule has 2 heterocycles. The third-order valence-electron chi connectivity index (χ3n) is 3.68. The van der Waals surface area contributed by atoms with E-state index in [1.54, 1.807) is 0 Å². The zero-order valence-corrected chi connectivity index (χ0v) is 10.2. The van der Waals surface area contributed by atoms with Crippen LogP contribution in [0.4, 0.5) is 0 Å². The monoisotopic (exact) mass is 225 g/mol. The Morgan fingerprint density at radius 1 is 1.31 bits per heavy atom. The first-order valence-corrected chi connectivity index (χ1v) is 6.45. The zero-order valence-electron chi connectivity index (χ0n) is 10.2. The average Bonchev–Trinajstić information content (AvgIpc) is 2.30. The Labute approximate surface area is 97.8 Å². The summed E-state index contributed by atoms with van der Waals surface area (Å²) in [4.78, 5) is 14.3. The summed E-state index contributed by atoms with van der Waals surface area (Å²) in [5, 5.41) is 6.50. The molecule has 0 spiro atoms. The van der Waals surface area contributed by atoms with E-state index in [9.17, 15) is 4.79 Å². The van der Waals surface area contributed by atoms with Crippen molar-refractivity contribution in [2.24, 2.45) is 5.92 Å². The van der Waals surface area contributed by atoms with Crippen LogP contribution in [0.3, 0.4) is 0 Å². The molecule has 4 nitrogen and oxygen atoms in total. The highest BCUT2D eigenvalue weighted by atomic mass is 16.1. The molecule has 2 fully saturated rings. The van der Waals surface area contributed by atoms with Crippen molar-refractivity contribution in [1.29, 1.82) is 0 Å². The van der Waals surface area contributed by atoms with Gasteiger partial charge in [-0.1, -0.05) is 0 Å². The lowest BCUT2D eigenvalue weighted by molar-refractivity contribution is -0.126. The van der Waals surface area contributed by atoms with Gasteiger partial charge in [-0.2, -0.15) is 0 Å². The summed E-state index contributed by atoms with van der Waals surface area (Å²) in [6.45, 7) is 4.15. The topological polar surface area (TPSA) is 44.4 Å². The molecule has 2 rings (SSSR count). The van der Waals surface area contributed by atoms with Crippen molar-refractivity contribution in [3.8, 4) is 0 Å². The maximum absolute atomic E-state index is 12.0. The minimum absolute atomic E-state index is 0.244. The van der Waals surface area contributed by atoms with Gasteiger partial charge in [-0.15, -0.1) is 0 Å². The number of likely N-dealkylation sites (N-methyl/N-ethyl adjacent to an activating group) is 1. The summed E-state index contributed by atoms with van der Waals surface area (Å²) >= 11 is 0. The molecule has 0 aromatic heterocycles. The van der Waals surface area contributed by atoms with Crippen LogP contribution in [-0.2, 0) is 4.79 Å². The largest absolute Gasteiger partial charge is 0.352 e. The number of carbonyl (C=O) groups is 1. The molecule has 0 aliphatic carbocycles. The Morgan fingerprint density at radius 3 is 2.75 bits per heavy atom. The van der Waals surface area contributed by atoms with Gasteiger partial charge in [-0.05, 0) is 52.4 Å². The van der Waals surface area contributed by atoms with Gasteiger partial charge >= 0.3 is 0 Å². The van der Waals surface area contributed by atoms with Crippen LogP contribution in [0.2, 0.25) is 0 Å². The Bertz CT molecular complexity index is 238. The molecule has 0 saturated carbocycles. The first-order valence-electron chi connectivity index (χ1n) is 6.45. The smallest absolute Gasteiger partial charge is 0.223 e. The Morgan fingerprint density at radius 2 is 2.06 bits per heavy atom. The molecule has 2 N–H and O–H groups in total. The number of hydrogen-bond donors (Lipinski definition) is 2. The van der Waals surface area contributed by atoms with E-state index in [1.165, 1.54) is 13.0 Å². The maximum Gasteiger partial charge on any atom is 0.223 e. The normalized spacial score (nSPS) is 28.9. The van der Waals surface area contributed by atoms with Gasteiger partial charge in [-0.3, -0.25) is 4.79 Å². The van der Waals surface area contributed by atoms with Crippen molar-refractivity contribution < 1.29 is 4.79 Å². The Balaban J connectivity index is 1.77. The fraction of sp³-hybridized carbons (Fsp3) is 0.917. The third kappa shape index (κ3) is 3.19. The Hall–Kier alpha value is -0.610. The lowest BCUT2D eigenvalue weighted by atomic mass is 9.96. The molecule has 2 aliphatic heterocycles. The van der Waals surface area contributed by atoms with E-state index < -0.39 is 0 Å². The molecule has 1 amide bonds. The van der Waals surface area contributed by atoms with Gasteiger partial charge in [0.05, 0.1) is 0 Å². The summed E-state index contributed by atoms with van der Waals surface area (Å²) in [5.41, 5.74) is 0. The average molecular weight is 225 g/mol. The second-order valence-corrected chi connectivity index (χ2v) is 5.13. The molecule has 0 aromatic carbocycles. The molecule has 0 bridgehead atoms. The van der Waals surface area contributed by atoms with Gasteiger partial charge in [0.1, 0.15) is 0 Å². The van der Waals surface area contributed by atoms with Crippen LogP contribution in [0.5, 0.6) is 0 Å². The second-order valence-electron chi connectivity index (χ2n) is 5.13. The van der Waals surface area contributed by atoms with Crippen LogP contribution in [0.25, 0.3) is 0 Å². The summed E-state index contributed by atoms with van der Waals surface area (Å²) in [5.74, 6) is 0.523. The molecule has 92 valence electrons. The van der Waals surface area contributed by atoms with Crippen LogP contribution >= 0.6 is 0 Å². The molecular weight excluding hydrogens is 202 g/mol. The van der Waals surface area contributed by atoms with E-state index in [-0.39, 0.29) is 11.8 Å². The first kappa shape index (κ1) is 11.9. The minimum atomic E-state index is 0.244. The van der Waals surface area contributed by atoms with Crippen molar-refractivity contribution in [1.82, 2.24) is 15.5 Å². The second kappa shape index (κ2) is 5.64. The predicted molar refractivity (Wildman–Crippen MR) is 64.3 cm³/mol. The van der Waals surface area contributed by atoms with Crippen molar-refractivity contribution in [3.05, 3.63) is 0 Å². The van der Waals surface area contributed by atoms with Crippen LogP contribution < -0.4 is 10.6 Å². The maximum atomic E-state index is 12.0. The molecule has 0 aromatic rings. The van der Waals surface area contributed by atoms with Crippen molar-refractivity contribution >= 4 is 5.91 Å². The highest BCUT2D eigenvalue weighted by Crippen LogP contribution is 2.14. The lowest BCUT2D eigenvalue weighted by Gasteiger charge is -2.32. The number of amides is 1. The number of carbonyl (C=O) groups excluding carboxylic acids is 1. The highest BCUT2D eigenvalue weighted by molar-refractivity contribution is 5.79. The summed E-state index contributed by atoms with van der Waals surface area (Å²) in [6, 6.07) is 0.376. The van der Waals surface area contributed by atoms with E-state index in [1.807, 2.05) is 0 Å². The number of likely N-dealkylation sites (tertiary alicyclic amines) is 1.